The molecule has 0 spiro atoms. The first-order valence-corrected chi connectivity index (χ1v) is 13.8. The van der Waals surface area contributed by atoms with E-state index in [1.54, 1.807) is 30.5 Å². The summed E-state index contributed by atoms with van der Waals surface area (Å²) in [4.78, 5) is 32.8. The summed E-state index contributed by atoms with van der Waals surface area (Å²) in [7, 11) is 3.23. The lowest BCUT2D eigenvalue weighted by Gasteiger charge is -2.28. The predicted molar refractivity (Wildman–Crippen MR) is 152 cm³/mol. The van der Waals surface area contributed by atoms with Crippen LogP contribution in [-0.2, 0) is 17.8 Å². The third-order valence-electron chi connectivity index (χ3n) is 6.93. The fraction of sp³-hybridized carbons (Fsp3) is 0.400. The lowest BCUT2D eigenvalue weighted by molar-refractivity contribution is -0.132. The molecule has 8 heteroatoms. The van der Waals surface area contributed by atoms with Crippen molar-refractivity contribution in [3.05, 3.63) is 75.0 Å². The number of aryl methyl sites for hydroxylation is 3. The zero-order valence-corrected chi connectivity index (χ0v) is 23.7. The quantitative estimate of drug-likeness (QED) is 0.329. The van der Waals surface area contributed by atoms with Crippen LogP contribution in [0.25, 0.3) is 0 Å². The van der Waals surface area contributed by atoms with Gasteiger partial charge in [0.1, 0.15) is 6.54 Å². The molecule has 1 saturated carbocycles. The van der Waals surface area contributed by atoms with Crippen molar-refractivity contribution in [3.8, 4) is 11.5 Å². The number of thiophene rings is 1. The molecule has 38 heavy (non-hydrogen) atoms. The number of methoxy groups -OCH3 is 2. The second kappa shape index (κ2) is 12.3. The minimum Gasteiger partial charge on any atom is -0.493 e. The number of nitrogens with zero attached hydrogens (tertiary/aromatic N) is 2. The number of hydrogen-bond donors (Lipinski definition) is 1. The van der Waals surface area contributed by atoms with Crippen molar-refractivity contribution < 1.29 is 19.1 Å². The first kappa shape index (κ1) is 27.5. The van der Waals surface area contributed by atoms with Crippen LogP contribution in [0.15, 0.2) is 48.5 Å². The van der Waals surface area contributed by atoms with E-state index >= 15 is 0 Å². The van der Waals surface area contributed by atoms with Gasteiger partial charge in [-0.3, -0.25) is 4.79 Å². The molecule has 1 heterocycles. The second-order valence-corrected chi connectivity index (χ2v) is 11.2. The summed E-state index contributed by atoms with van der Waals surface area (Å²) in [6.45, 7) is 7.23. The number of carbonyl (C=O) groups is 2. The van der Waals surface area contributed by atoms with Crippen LogP contribution in [0, 0.1) is 20.8 Å². The normalized spacial score (nSPS) is 12.7. The molecule has 0 radical (unpaired) electrons. The van der Waals surface area contributed by atoms with Crippen LogP contribution in [0.3, 0.4) is 0 Å². The minimum absolute atomic E-state index is 0.0532. The number of amides is 3. The molecule has 0 aliphatic heterocycles. The summed E-state index contributed by atoms with van der Waals surface area (Å²) < 4.78 is 10.8. The van der Waals surface area contributed by atoms with E-state index < -0.39 is 0 Å². The average molecular weight is 536 g/mol. The molecule has 7 nitrogen and oxygen atoms in total. The first-order chi connectivity index (χ1) is 18.3. The van der Waals surface area contributed by atoms with Crippen molar-refractivity contribution >= 4 is 29.0 Å². The van der Waals surface area contributed by atoms with Crippen LogP contribution in [0.1, 0.15) is 39.3 Å². The van der Waals surface area contributed by atoms with Crippen molar-refractivity contribution in [1.82, 2.24) is 9.80 Å². The first-order valence-electron chi connectivity index (χ1n) is 13.0. The van der Waals surface area contributed by atoms with Gasteiger partial charge in [-0.2, -0.15) is 0 Å². The van der Waals surface area contributed by atoms with E-state index in [9.17, 15) is 9.59 Å². The average Bonchev–Trinajstić information content (AvgIpc) is 3.67. The zero-order chi connectivity index (χ0) is 27.2. The molecule has 4 rings (SSSR count). The third-order valence-corrected chi connectivity index (χ3v) is 7.91. The molecule has 1 fully saturated rings. The van der Waals surface area contributed by atoms with E-state index in [0.29, 0.717) is 31.0 Å². The Morgan fingerprint density at radius 3 is 2.34 bits per heavy atom. The van der Waals surface area contributed by atoms with Crippen LogP contribution in [-0.4, -0.2) is 55.1 Å². The monoisotopic (exact) mass is 535 g/mol. The molecule has 0 bridgehead atoms. The van der Waals surface area contributed by atoms with Crippen molar-refractivity contribution in [1.29, 1.82) is 0 Å². The standard InChI is InChI=1S/C30H37N3O4S/c1-20-6-9-24(16-21(20)2)31-30(35)33(25-10-11-25)19-29(34)32(18-26-12-7-22(3)38-26)15-14-23-8-13-27(36-4)28(17-23)37-5/h6-9,12-13,16-17,25H,10-11,14-15,18-19H2,1-5H3,(H,31,35). The summed E-state index contributed by atoms with van der Waals surface area (Å²) >= 11 is 1.69. The lowest BCUT2D eigenvalue weighted by atomic mass is 10.1. The maximum absolute atomic E-state index is 13.7. The molecule has 2 aromatic carbocycles. The van der Waals surface area contributed by atoms with E-state index in [-0.39, 0.29) is 24.5 Å². The second-order valence-electron chi connectivity index (χ2n) is 9.86. The molecule has 1 aliphatic rings. The largest absolute Gasteiger partial charge is 0.493 e. The number of ether oxygens (including phenoxy) is 2. The maximum Gasteiger partial charge on any atom is 0.322 e. The van der Waals surface area contributed by atoms with E-state index in [0.717, 1.165) is 34.5 Å². The fourth-order valence-electron chi connectivity index (χ4n) is 4.36. The molecule has 1 aliphatic carbocycles. The van der Waals surface area contributed by atoms with Crippen molar-refractivity contribution in [2.75, 3.05) is 32.6 Å². The Morgan fingerprint density at radius 2 is 1.71 bits per heavy atom. The molecule has 0 saturated heterocycles. The molecular formula is C30H37N3O4S. The van der Waals surface area contributed by atoms with Crippen LogP contribution in [0.4, 0.5) is 10.5 Å². The number of anilines is 1. The maximum atomic E-state index is 13.7. The summed E-state index contributed by atoms with van der Waals surface area (Å²) in [6, 6.07) is 15.7. The van der Waals surface area contributed by atoms with Gasteiger partial charge in [0.05, 0.1) is 20.8 Å². The van der Waals surface area contributed by atoms with Crippen LogP contribution in [0.5, 0.6) is 11.5 Å². The summed E-state index contributed by atoms with van der Waals surface area (Å²) in [5, 5.41) is 3.00. The summed E-state index contributed by atoms with van der Waals surface area (Å²) in [5.74, 6) is 1.28. The van der Waals surface area contributed by atoms with E-state index in [2.05, 4.69) is 24.4 Å². The van der Waals surface area contributed by atoms with Gasteiger partial charge in [-0.05, 0) is 93.1 Å². The molecule has 202 valence electrons. The lowest BCUT2D eigenvalue weighted by Crippen LogP contribution is -2.45. The molecule has 0 unspecified atom stereocenters. The number of hydrogen-bond acceptors (Lipinski definition) is 5. The third kappa shape index (κ3) is 7.07. The smallest absolute Gasteiger partial charge is 0.322 e. The Kier molecular flexibility index (Phi) is 8.94. The highest BCUT2D eigenvalue weighted by Gasteiger charge is 2.35. The van der Waals surface area contributed by atoms with Gasteiger partial charge in [-0.15, -0.1) is 11.3 Å². The van der Waals surface area contributed by atoms with E-state index in [4.69, 9.17) is 9.47 Å². The molecule has 0 atom stereocenters. The Bertz CT molecular complexity index is 1280. The Hall–Kier alpha value is -3.52. The number of rotatable bonds is 11. The predicted octanol–water partition coefficient (Wildman–Crippen LogP) is 5.96. The van der Waals surface area contributed by atoms with Crippen molar-refractivity contribution in [2.45, 2.75) is 52.6 Å². The minimum atomic E-state index is -0.226. The van der Waals surface area contributed by atoms with Gasteiger partial charge in [0.25, 0.3) is 0 Å². The fourth-order valence-corrected chi connectivity index (χ4v) is 5.27. The highest BCUT2D eigenvalue weighted by atomic mass is 32.1. The van der Waals surface area contributed by atoms with Crippen molar-refractivity contribution in [2.24, 2.45) is 0 Å². The molecular weight excluding hydrogens is 498 g/mol. The highest BCUT2D eigenvalue weighted by molar-refractivity contribution is 7.11. The number of carbonyl (C=O) groups excluding carboxylic acids is 2. The number of nitrogens with one attached hydrogen (secondary N) is 1. The Morgan fingerprint density at radius 1 is 0.947 bits per heavy atom. The topological polar surface area (TPSA) is 71.1 Å². The van der Waals surface area contributed by atoms with Crippen LogP contribution >= 0.6 is 11.3 Å². The van der Waals surface area contributed by atoms with E-state index in [1.165, 1.54) is 10.4 Å². The summed E-state index contributed by atoms with van der Waals surface area (Å²) in [6.07, 6.45) is 2.50. The summed E-state index contributed by atoms with van der Waals surface area (Å²) in [5.41, 5.74) is 4.08. The van der Waals surface area contributed by atoms with Crippen LogP contribution < -0.4 is 14.8 Å². The van der Waals surface area contributed by atoms with E-state index in [1.807, 2.05) is 55.1 Å². The van der Waals surface area contributed by atoms with Gasteiger partial charge in [0.2, 0.25) is 5.91 Å². The van der Waals surface area contributed by atoms with Crippen molar-refractivity contribution in [3.63, 3.8) is 0 Å². The van der Waals surface area contributed by atoms with Crippen LogP contribution in [0.2, 0.25) is 0 Å². The Balaban J connectivity index is 1.47. The number of urea groups is 1. The number of benzene rings is 2. The SMILES string of the molecule is COc1ccc(CCN(Cc2ccc(C)s2)C(=O)CN(C(=O)Nc2ccc(C)c(C)c2)C2CC2)cc1OC. The zero-order valence-electron chi connectivity index (χ0n) is 22.9. The highest BCUT2D eigenvalue weighted by Crippen LogP contribution is 2.29. The molecule has 1 N–H and O–H groups in total. The van der Waals surface area contributed by atoms with Gasteiger partial charge in [0.15, 0.2) is 11.5 Å². The van der Waals surface area contributed by atoms with Gasteiger partial charge in [0, 0.05) is 28.0 Å². The molecule has 1 aromatic heterocycles. The van der Waals surface area contributed by atoms with Gasteiger partial charge >= 0.3 is 6.03 Å². The van der Waals surface area contributed by atoms with Gasteiger partial charge in [-0.1, -0.05) is 12.1 Å². The van der Waals surface area contributed by atoms with Gasteiger partial charge < -0.3 is 24.6 Å². The van der Waals surface area contributed by atoms with Gasteiger partial charge in [-0.25, -0.2) is 4.79 Å². The Labute approximate surface area is 229 Å². The molecule has 3 aromatic rings. The molecule has 3 amide bonds.